The highest BCUT2D eigenvalue weighted by molar-refractivity contribution is 6.03. The smallest absolute Gasteiger partial charge is 0.140 e. The van der Waals surface area contributed by atoms with E-state index in [-0.39, 0.29) is 0 Å². The van der Waals surface area contributed by atoms with Crippen molar-refractivity contribution in [2.45, 2.75) is 23.7 Å². The van der Waals surface area contributed by atoms with E-state index in [1.807, 2.05) is 0 Å². The molecule has 0 aromatic heterocycles. The van der Waals surface area contributed by atoms with Crippen molar-refractivity contribution >= 4 is 38.6 Å². The maximum Gasteiger partial charge on any atom is 0.140 e. The Hall–Kier alpha value is -11.6. The molecule has 3 aliphatic carbocycles. The van der Waals surface area contributed by atoms with E-state index in [0.29, 0.717) is 0 Å². The van der Waals surface area contributed by atoms with Gasteiger partial charge in [0.2, 0.25) is 0 Å². The number of hydrogen-bond donors (Lipinski definition) is 0. The van der Waals surface area contributed by atoms with Crippen molar-refractivity contribution in [1.29, 1.82) is 0 Å². The second-order valence-electron chi connectivity index (χ2n) is 25.3. The van der Waals surface area contributed by atoms with Crippen LogP contribution in [0.3, 0.4) is 0 Å². The number of fused-ring (bicyclic) bond motifs is 23. The molecule has 2 heteroatoms. The Kier molecular flexibility index (Phi) is 11.7. The first-order chi connectivity index (χ1) is 45.6. The molecule has 0 saturated carbocycles. The lowest BCUT2D eigenvalue weighted by molar-refractivity contribution is 0.447. The Morgan fingerprint density at radius 2 is 0.707 bits per heavy atom. The van der Waals surface area contributed by atoms with Gasteiger partial charge in [0.15, 0.2) is 0 Å². The van der Waals surface area contributed by atoms with Crippen LogP contribution < -0.4 is 9.64 Å². The maximum absolute atomic E-state index is 7.38. The van der Waals surface area contributed by atoms with E-state index >= 15 is 0 Å². The van der Waals surface area contributed by atoms with Crippen LogP contribution in [-0.2, 0) is 23.7 Å². The van der Waals surface area contributed by atoms with E-state index in [1.165, 1.54) is 100 Å². The minimum Gasteiger partial charge on any atom is -0.455 e. The highest BCUT2D eigenvalue weighted by Crippen LogP contribution is 2.67. The monoisotopic (exact) mass is 1170 g/mol. The van der Waals surface area contributed by atoms with Crippen molar-refractivity contribution in [2.75, 3.05) is 4.90 Å². The van der Waals surface area contributed by atoms with Crippen molar-refractivity contribution in [3.05, 3.63) is 400 Å². The molecule has 0 N–H and O–H groups in total. The highest BCUT2D eigenvalue weighted by Gasteiger charge is 2.54. The topological polar surface area (TPSA) is 12.5 Å². The first-order valence-electron chi connectivity index (χ1n) is 32.2. The van der Waals surface area contributed by atoms with Gasteiger partial charge in [0.25, 0.3) is 0 Å². The summed E-state index contributed by atoms with van der Waals surface area (Å²) < 4.78 is 7.38. The van der Waals surface area contributed by atoms with Crippen molar-refractivity contribution < 1.29 is 4.74 Å². The fraction of sp³-hybridized carbons (Fsp3) is 0.0444. The van der Waals surface area contributed by atoms with Gasteiger partial charge in [0.1, 0.15) is 11.5 Å². The molecule has 2 nitrogen and oxygen atoms in total. The zero-order chi connectivity index (χ0) is 60.5. The molecule has 0 radical (unpaired) electrons. The first-order valence-corrected chi connectivity index (χ1v) is 32.2. The Balaban J connectivity index is 0.848. The number of ether oxygens (including phenoxy) is 1. The number of benzene rings is 15. The lowest BCUT2D eigenvalue weighted by Gasteiger charge is -2.40. The van der Waals surface area contributed by atoms with E-state index in [4.69, 9.17) is 4.74 Å². The summed E-state index contributed by atoms with van der Waals surface area (Å²) in [5.74, 6) is 1.83. The van der Waals surface area contributed by atoms with Gasteiger partial charge in [-0.2, -0.15) is 0 Å². The molecule has 1 aliphatic heterocycles. The summed E-state index contributed by atoms with van der Waals surface area (Å²) >= 11 is 0. The summed E-state index contributed by atoms with van der Waals surface area (Å²) in [6.07, 6.45) is 1.59. The van der Waals surface area contributed by atoms with Gasteiger partial charge in [0.05, 0.1) is 16.5 Å². The third kappa shape index (κ3) is 7.56. The van der Waals surface area contributed by atoms with Crippen molar-refractivity contribution in [3.8, 4) is 67.1 Å². The molecule has 92 heavy (non-hydrogen) atoms. The molecule has 0 fully saturated rings. The molecule has 430 valence electrons. The zero-order valence-electron chi connectivity index (χ0n) is 50.5. The lowest BCUT2D eigenvalue weighted by Crippen LogP contribution is -2.32. The van der Waals surface area contributed by atoms with Gasteiger partial charge in [-0.25, -0.2) is 0 Å². The molecule has 15 aromatic rings. The Labute approximate surface area is 536 Å². The standard InChI is InChI=1S/C90H59NO/c1-3-23-58(24-4-1)53-64-29-9-10-32-68(64)69-50-48-67(56-65(69)54-59-25-5-2-6-26-59)91(85-44-22-43-81-86(85)76-38-16-20-42-80(76)89(81)77-39-17-13-35-72(77)73-36-14-18-40-78(73)89)66-31-21-30-62(55-66)63-45-49-75-74-37-15-19-41-79(74)90(84(75)57-63)82-51-46-60-27-7-11-33-70(60)87(82)92-88-71-34-12-8-28-61(71)47-52-83(88)90/h1-52,55-57H,53-54H2. The molecular formula is C90H59NO. The molecule has 0 saturated heterocycles. The molecule has 4 aliphatic rings. The predicted octanol–water partition coefficient (Wildman–Crippen LogP) is 22.8. The summed E-state index contributed by atoms with van der Waals surface area (Å²) in [6, 6.07) is 125. The van der Waals surface area contributed by atoms with E-state index in [2.05, 4.69) is 339 Å². The van der Waals surface area contributed by atoms with Crippen LogP contribution in [0.2, 0.25) is 0 Å². The minimum absolute atomic E-state index is 0.522. The summed E-state index contributed by atoms with van der Waals surface area (Å²) in [7, 11) is 0. The van der Waals surface area contributed by atoms with Gasteiger partial charge in [-0.1, -0.05) is 297 Å². The third-order valence-electron chi connectivity index (χ3n) is 20.6. The zero-order valence-corrected chi connectivity index (χ0v) is 50.5. The molecular weight excluding hydrogens is 1110 g/mol. The Morgan fingerprint density at radius 1 is 0.261 bits per heavy atom. The van der Waals surface area contributed by atoms with Crippen molar-refractivity contribution in [1.82, 2.24) is 0 Å². The van der Waals surface area contributed by atoms with E-state index < -0.39 is 10.8 Å². The average Bonchev–Trinajstić information content (AvgIpc) is 1.50. The van der Waals surface area contributed by atoms with Crippen LogP contribution in [0, 0.1) is 0 Å². The van der Waals surface area contributed by atoms with Gasteiger partial charge < -0.3 is 9.64 Å². The molecule has 15 aromatic carbocycles. The second kappa shape index (κ2) is 20.5. The van der Waals surface area contributed by atoms with Gasteiger partial charge >= 0.3 is 0 Å². The second-order valence-corrected chi connectivity index (χ2v) is 25.3. The summed E-state index contributed by atoms with van der Waals surface area (Å²) in [5.41, 5.74) is 29.7. The van der Waals surface area contributed by atoms with Gasteiger partial charge in [0, 0.05) is 38.8 Å². The van der Waals surface area contributed by atoms with E-state index in [1.54, 1.807) is 0 Å². The minimum atomic E-state index is -0.690. The summed E-state index contributed by atoms with van der Waals surface area (Å²) in [4.78, 5) is 2.57. The number of nitrogens with zero attached hydrogens (tertiary/aromatic N) is 1. The number of anilines is 3. The van der Waals surface area contributed by atoms with Crippen molar-refractivity contribution in [2.24, 2.45) is 0 Å². The average molecular weight is 1170 g/mol. The largest absolute Gasteiger partial charge is 0.455 e. The normalized spacial score (nSPS) is 13.6. The molecule has 0 bridgehead atoms. The summed E-state index contributed by atoms with van der Waals surface area (Å²) in [6.45, 7) is 0. The van der Waals surface area contributed by atoms with Crippen LogP contribution in [0.5, 0.6) is 11.5 Å². The number of hydrogen-bond acceptors (Lipinski definition) is 2. The highest BCUT2D eigenvalue weighted by atomic mass is 16.5. The van der Waals surface area contributed by atoms with Gasteiger partial charge in [-0.3, -0.25) is 0 Å². The van der Waals surface area contributed by atoms with E-state index in [9.17, 15) is 0 Å². The van der Waals surface area contributed by atoms with Crippen LogP contribution in [0.15, 0.2) is 334 Å². The molecule has 2 spiro atoms. The van der Waals surface area contributed by atoms with E-state index in [0.717, 1.165) is 85.2 Å². The number of rotatable bonds is 9. The van der Waals surface area contributed by atoms with Crippen LogP contribution in [0.1, 0.15) is 66.8 Å². The van der Waals surface area contributed by atoms with Crippen LogP contribution in [-0.4, -0.2) is 0 Å². The van der Waals surface area contributed by atoms with Crippen LogP contribution in [0.25, 0.3) is 77.2 Å². The van der Waals surface area contributed by atoms with Gasteiger partial charge in [-0.15, -0.1) is 0 Å². The third-order valence-corrected chi connectivity index (χ3v) is 20.6. The predicted molar refractivity (Wildman–Crippen MR) is 379 cm³/mol. The first kappa shape index (κ1) is 52.4. The van der Waals surface area contributed by atoms with Crippen molar-refractivity contribution in [3.63, 3.8) is 0 Å². The summed E-state index contributed by atoms with van der Waals surface area (Å²) in [5, 5.41) is 4.52. The molecule has 0 unspecified atom stereocenters. The van der Waals surface area contributed by atoms with Gasteiger partial charge in [-0.05, 0) is 166 Å². The maximum atomic E-state index is 7.38. The van der Waals surface area contributed by atoms with Crippen LogP contribution in [0.4, 0.5) is 17.1 Å². The molecule has 1 heterocycles. The lowest BCUT2D eigenvalue weighted by atomic mass is 9.65. The SMILES string of the molecule is c1ccc(Cc2ccccc2-c2ccc(N(c3cccc(-c4ccc5c(c4)C4(c6ccccc6-5)c5ccc6ccccc6c5Oc5c4ccc4ccccc54)c3)c3cccc4c3-c3ccccc3C43c4ccccc4-c4ccccc43)cc2Cc2ccccc2)cc1. The van der Waals surface area contributed by atoms with Crippen LogP contribution >= 0.6 is 0 Å². The Morgan fingerprint density at radius 3 is 1.34 bits per heavy atom. The fourth-order valence-corrected chi connectivity index (χ4v) is 16.8. The quantitative estimate of drug-likeness (QED) is 0.143. The molecule has 19 rings (SSSR count). The molecule has 0 amide bonds. The molecule has 0 atom stereocenters. The fourth-order valence-electron chi connectivity index (χ4n) is 16.8. The Bertz CT molecular complexity index is 5390.